The number of aliphatic imine (C=N–C) groups is 1. The first kappa shape index (κ1) is 25.6. The number of methoxy groups -OCH3 is 2. The van der Waals surface area contributed by atoms with E-state index in [4.69, 9.17) is 19.6 Å². The molecule has 0 saturated heterocycles. The van der Waals surface area contributed by atoms with Gasteiger partial charge in [0.2, 0.25) is 16.0 Å². The summed E-state index contributed by atoms with van der Waals surface area (Å²) in [4.78, 5) is 29.7. The molecule has 1 amide bonds. The number of allylic oxidation sites excluding steroid dienone is 1. The van der Waals surface area contributed by atoms with Gasteiger partial charge < -0.3 is 24.9 Å². The lowest BCUT2D eigenvalue weighted by Crippen LogP contribution is -2.37. The van der Waals surface area contributed by atoms with Gasteiger partial charge in [-0.05, 0) is 31.7 Å². The van der Waals surface area contributed by atoms with Crippen molar-refractivity contribution in [2.75, 3.05) is 31.5 Å². The predicted octanol–water partition coefficient (Wildman–Crippen LogP) is 3.29. The van der Waals surface area contributed by atoms with Crippen LogP contribution in [0.5, 0.6) is 5.75 Å². The van der Waals surface area contributed by atoms with E-state index in [2.05, 4.69) is 25.8 Å². The lowest BCUT2D eigenvalue weighted by atomic mass is 9.92. The highest BCUT2D eigenvalue weighted by Crippen LogP contribution is 2.31. The topological polar surface area (TPSA) is 154 Å². The average Bonchev–Trinajstić information content (AvgIpc) is 3.26. The van der Waals surface area contributed by atoms with Gasteiger partial charge in [-0.15, -0.1) is 10.2 Å². The van der Waals surface area contributed by atoms with Crippen LogP contribution in [0.2, 0.25) is 0 Å². The lowest BCUT2D eigenvalue weighted by molar-refractivity contribution is 0.0991. The monoisotopic (exact) mass is 498 g/mol. The van der Waals surface area contributed by atoms with E-state index in [0.717, 1.165) is 16.9 Å². The van der Waals surface area contributed by atoms with Gasteiger partial charge in [-0.3, -0.25) is 10.1 Å². The molecular formula is C23H26N6O5S. The summed E-state index contributed by atoms with van der Waals surface area (Å²) in [5.74, 6) is -1.00. The van der Waals surface area contributed by atoms with E-state index < -0.39 is 17.1 Å². The van der Waals surface area contributed by atoms with Crippen molar-refractivity contribution in [3.8, 4) is 5.75 Å². The normalized spacial score (nSPS) is 13.4. The standard InChI is InChI=1S/C23H26N6O5S/c1-14(10-11-24)25-21-28-29-22(35-21)26-19(30)17-12-16(18(33-4)20(31)34-17)27-23(2,13-32-3)15-8-6-5-7-9-15/h5-12,27H,13,24H2,1-4H3,(H,26,29,30)/b11-10-,25-14+/t23-/m0/s1. The highest BCUT2D eigenvalue weighted by atomic mass is 32.1. The Morgan fingerprint density at radius 3 is 2.69 bits per heavy atom. The molecule has 1 aromatic carbocycles. The summed E-state index contributed by atoms with van der Waals surface area (Å²) in [6.07, 6.45) is 2.96. The van der Waals surface area contributed by atoms with Gasteiger partial charge in [-0.2, -0.15) is 0 Å². The number of aromatic nitrogens is 2. The molecule has 3 aromatic rings. The summed E-state index contributed by atoms with van der Waals surface area (Å²) in [5, 5.41) is 14.1. The first-order chi connectivity index (χ1) is 16.8. The predicted molar refractivity (Wildman–Crippen MR) is 135 cm³/mol. The van der Waals surface area contributed by atoms with Crippen LogP contribution >= 0.6 is 11.3 Å². The Labute approximate surface area is 205 Å². The van der Waals surface area contributed by atoms with Gasteiger partial charge in [0, 0.05) is 18.9 Å². The van der Waals surface area contributed by atoms with Gasteiger partial charge in [0.05, 0.1) is 24.9 Å². The van der Waals surface area contributed by atoms with Crippen molar-refractivity contribution in [1.82, 2.24) is 10.2 Å². The van der Waals surface area contributed by atoms with Crippen LogP contribution < -0.4 is 26.7 Å². The van der Waals surface area contributed by atoms with Crippen molar-refractivity contribution in [1.29, 1.82) is 0 Å². The number of benzene rings is 1. The molecule has 4 N–H and O–H groups in total. The molecule has 0 radical (unpaired) electrons. The first-order valence-corrected chi connectivity index (χ1v) is 11.2. The van der Waals surface area contributed by atoms with Gasteiger partial charge in [0.15, 0.2) is 5.76 Å². The highest BCUT2D eigenvalue weighted by molar-refractivity contribution is 7.18. The molecule has 11 nitrogen and oxygen atoms in total. The largest absolute Gasteiger partial charge is 0.488 e. The molecule has 0 unspecified atom stereocenters. The molecule has 184 valence electrons. The van der Waals surface area contributed by atoms with E-state index >= 15 is 0 Å². The third kappa shape index (κ3) is 6.31. The van der Waals surface area contributed by atoms with Crippen LogP contribution in [0.15, 0.2) is 62.9 Å². The first-order valence-electron chi connectivity index (χ1n) is 10.4. The smallest absolute Gasteiger partial charge is 0.381 e. The number of nitrogens with zero attached hydrogens (tertiary/aromatic N) is 3. The number of rotatable bonds is 10. The number of ether oxygens (including phenoxy) is 2. The van der Waals surface area contributed by atoms with Crippen molar-refractivity contribution in [3.63, 3.8) is 0 Å². The van der Waals surface area contributed by atoms with Crippen LogP contribution in [-0.4, -0.2) is 42.6 Å². The van der Waals surface area contributed by atoms with Crippen molar-refractivity contribution in [3.05, 3.63) is 70.4 Å². The van der Waals surface area contributed by atoms with Crippen molar-refractivity contribution < 1.29 is 18.7 Å². The number of amides is 1. The van der Waals surface area contributed by atoms with E-state index in [1.807, 2.05) is 37.3 Å². The minimum absolute atomic E-state index is 0.0734. The minimum Gasteiger partial charge on any atom is -0.488 e. The average molecular weight is 499 g/mol. The molecule has 0 bridgehead atoms. The summed E-state index contributed by atoms with van der Waals surface area (Å²) in [6.45, 7) is 3.93. The second-order valence-corrected chi connectivity index (χ2v) is 8.51. The van der Waals surface area contributed by atoms with Crippen LogP contribution in [0.1, 0.15) is 30.0 Å². The summed E-state index contributed by atoms with van der Waals surface area (Å²) >= 11 is 1.05. The quantitative estimate of drug-likeness (QED) is 0.357. The van der Waals surface area contributed by atoms with Crippen LogP contribution in [0, 0.1) is 0 Å². The maximum absolute atomic E-state index is 12.9. The highest BCUT2D eigenvalue weighted by Gasteiger charge is 2.29. The number of nitrogens with one attached hydrogen (secondary N) is 2. The maximum Gasteiger partial charge on any atom is 0.381 e. The molecule has 0 fully saturated rings. The van der Waals surface area contributed by atoms with Gasteiger partial charge in [-0.25, -0.2) is 9.79 Å². The second kappa shape index (κ2) is 11.4. The third-order valence-corrected chi connectivity index (χ3v) is 5.57. The Bertz CT molecular complexity index is 1290. The summed E-state index contributed by atoms with van der Waals surface area (Å²) < 4.78 is 15.9. The molecule has 1 atom stereocenters. The van der Waals surface area contributed by atoms with Crippen molar-refractivity contribution in [2.45, 2.75) is 19.4 Å². The maximum atomic E-state index is 12.9. The molecule has 35 heavy (non-hydrogen) atoms. The number of anilines is 2. The molecule has 0 aliphatic carbocycles. The molecule has 2 heterocycles. The fourth-order valence-electron chi connectivity index (χ4n) is 3.26. The van der Waals surface area contributed by atoms with E-state index in [9.17, 15) is 9.59 Å². The van der Waals surface area contributed by atoms with Gasteiger partial charge in [0.25, 0.3) is 5.91 Å². The molecule has 2 aromatic heterocycles. The van der Waals surface area contributed by atoms with E-state index in [-0.39, 0.29) is 28.9 Å². The van der Waals surface area contributed by atoms with Crippen LogP contribution in [0.4, 0.5) is 16.0 Å². The zero-order chi connectivity index (χ0) is 25.4. The van der Waals surface area contributed by atoms with Crippen molar-refractivity contribution in [2.24, 2.45) is 10.7 Å². The molecular weight excluding hydrogens is 472 g/mol. The molecule has 3 rings (SSSR count). The van der Waals surface area contributed by atoms with Gasteiger partial charge in [0.1, 0.15) is 0 Å². The van der Waals surface area contributed by atoms with Crippen LogP contribution in [0.25, 0.3) is 0 Å². The fourth-order valence-corrected chi connectivity index (χ4v) is 3.93. The zero-order valence-corrected chi connectivity index (χ0v) is 20.5. The van der Waals surface area contributed by atoms with Gasteiger partial charge in [-0.1, -0.05) is 41.7 Å². The van der Waals surface area contributed by atoms with Crippen molar-refractivity contribution >= 4 is 38.9 Å². The lowest BCUT2D eigenvalue weighted by Gasteiger charge is -2.32. The Morgan fingerprint density at radius 1 is 1.29 bits per heavy atom. The number of carbonyl (C=O) groups excluding carboxylic acids is 1. The molecule has 0 spiro atoms. The van der Waals surface area contributed by atoms with E-state index in [0.29, 0.717) is 10.8 Å². The van der Waals surface area contributed by atoms with Crippen LogP contribution in [-0.2, 0) is 10.3 Å². The van der Waals surface area contributed by atoms with E-state index in [1.54, 1.807) is 20.1 Å². The molecule has 12 heteroatoms. The molecule has 0 aliphatic rings. The number of hydrogen-bond donors (Lipinski definition) is 3. The molecule has 0 saturated carbocycles. The second-order valence-electron chi connectivity index (χ2n) is 7.56. The number of hydrogen-bond acceptors (Lipinski definition) is 11. The van der Waals surface area contributed by atoms with Gasteiger partial charge >= 0.3 is 5.63 Å². The Morgan fingerprint density at radius 2 is 2.03 bits per heavy atom. The van der Waals surface area contributed by atoms with E-state index in [1.165, 1.54) is 19.4 Å². The zero-order valence-electron chi connectivity index (χ0n) is 19.7. The van der Waals surface area contributed by atoms with Crippen LogP contribution in [0.3, 0.4) is 0 Å². The fraction of sp³-hybridized carbons (Fsp3) is 0.261. The summed E-state index contributed by atoms with van der Waals surface area (Å²) in [7, 11) is 2.92. The Balaban J connectivity index is 1.91. The summed E-state index contributed by atoms with van der Waals surface area (Å²) in [5.41, 5.74) is 5.58. The number of nitrogens with two attached hydrogens (primary N) is 1. The number of carbonyl (C=O) groups is 1. The Kier molecular flexibility index (Phi) is 8.34. The molecule has 0 aliphatic heterocycles. The third-order valence-electron chi connectivity index (χ3n) is 4.83. The summed E-state index contributed by atoms with van der Waals surface area (Å²) in [6, 6.07) is 10.9. The minimum atomic E-state index is -0.817. The SMILES string of the molecule is COC[C@](C)(Nc1cc(C(=O)Nc2nnc(/N=C(C)/C=C\N)s2)oc(=O)c1OC)c1ccccc1. The Hall–Kier alpha value is -4.03.